The summed E-state index contributed by atoms with van der Waals surface area (Å²) in [5.41, 5.74) is 7.75. The van der Waals surface area contributed by atoms with Crippen LogP contribution < -0.4 is 20.9 Å². The molecule has 162 valence electrons. The number of hydrogen-bond donors (Lipinski definition) is 3. The van der Waals surface area contributed by atoms with E-state index in [2.05, 4.69) is 16.2 Å². The Labute approximate surface area is 186 Å². The second kappa shape index (κ2) is 10.6. The summed E-state index contributed by atoms with van der Waals surface area (Å²) in [6, 6.07) is 20.9. The SMILES string of the molecule is COc1ccccc1C=CC(=O)NNC(=O)c1ccc(NC(=O)c2ccccc2C)cc1. The Morgan fingerprint density at radius 1 is 0.812 bits per heavy atom. The third-order valence-electron chi connectivity index (χ3n) is 4.65. The number of amides is 3. The van der Waals surface area contributed by atoms with Crippen LogP contribution in [0.1, 0.15) is 31.8 Å². The molecule has 3 aromatic rings. The first-order valence-corrected chi connectivity index (χ1v) is 9.86. The maximum Gasteiger partial charge on any atom is 0.269 e. The molecule has 0 aliphatic heterocycles. The maximum atomic E-state index is 12.4. The summed E-state index contributed by atoms with van der Waals surface area (Å²) in [5.74, 6) is -0.572. The van der Waals surface area contributed by atoms with Crippen LogP contribution in [0.4, 0.5) is 5.69 Å². The van der Waals surface area contributed by atoms with Crippen molar-refractivity contribution in [1.82, 2.24) is 10.9 Å². The predicted molar refractivity (Wildman–Crippen MR) is 123 cm³/mol. The molecule has 0 heterocycles. The molecule has 3 N–H and O–H groups in total. The second-order valence-electron chi connectivity index (χ2n) is 6.87. The molecule has 0 bridgehead atoms. The largest absolute Gasteiger partial charge is 0.496 e. The Kier molecular flexibility index (Phi) is 7.37. The third kappa shape index (κ3) is 5.82. The van der Waals surface area contributed by atoms with E-state index in [4.69, 9.17) is 4.74 Å². The van der Waals surface area contributed by atoms with Crippen LogP contribution in [-0.4, -0.2) is 24.8 Å². The lowest BCUT2D eigenvalue weighted by Gasteiger charge is -2.09. The predicted octanol–water partition coefficient (Wildman–Crippen LogP) is 3.73. The molecule has 7 nitrogen and oxygen atoms in total. The summed E-state index contributed by atoms with van der Waals surface area (Å²) in [4.78, 5) is 36.6. The Bertz CT molecular complexity index is 1150. The van der Waals surface area contributed by atoms with Crippen LogP contribution in [0.3, 0.4) is 0 Å². The fourth-order valence-electron chi connectivity index (χ4n) is 2.93. The third-order valence-corrected chi connectivity index (χ3v) is 4.65. The fraction of sp³-hybridized carbons (Fsp3) is 0.0800. The van der Waals surface area contributed by atoms with Crippen LogP contribution in [0, 0.1) is 6.92 Å². The highest BCUT2D eigenvalue weighted by molar-refractivity contribution is 6.05. The van der Waals surface area contributed by atoms with E-state index in [1.807, 2.05) is 31.2 Å². The molecule has 3 amide bonds. The van der Waals surface area contributed by atoms with Crippen molar-refractivity contribution in [3.63, 3.8) is 0 Å². The molecule has 0 unspecified atom stereocenters. The highest BCUT2D eigenvalue weighted by Crippen LogP contribution is 2.18. The Morgan fingerprint density at radius 3 is 2.22 bits per heavy atom. The first kappa shape index (κ1) is 22.3. The van der Waals surface area contributed by atoms with E-state index in [1.165, 1.54) is 6.08 Å². The van der Waals surface area contributed by atoms with Gasteiger partial charge >= 0.3 is 0 Å². The summed E-state index contributed by atoms with van der Waals surface area (Å²) < 4.78 is 5.22. The zero-order chi connectivity index (χ0) is 22.9. The monoisotopic (exact) mass is 429 g/mol. The molecule has 0 saturated carbocycles. The van der Waals surface area contributed by atoms with E-state index in [0.717, 1.165) is 11.1 Å². The van der Waals surface area contributed by atoms with Gasteiger partial charge in [-0.3, -0.25) is 25.2 Å². The van der Waals surface area contributed by atoms with Gasteiger partial charge in [-0.15, -0.1) is 0 Å². The van der Waals surface area contributed by atoms with Gasteiger partial charge in [-0.1, -0.05) is 36.4 Å². The minimum Gasteiger partial charge on any atom is -0.496 e. The van der Waals surface area contributed by atoms with E-state index in [-0.39, 0.29) is 5.91 Å². The molecule has 0 radical (unpaired) electrons. The van der Waals surface area contributed by atoms with Gasteiger partial charge in [0.15, 0.2) is 0 Å². The van der Waals surface area contributed by atoms with Crippen LogP contribution in [0.15, 0.2) is 78.9 Å². The van der Waals surface area contributed by atoms with Crippen molar-refractivity contribution < 1.29 is 19.1 Å². The zero-order valence-corrected chi connectivity index (χ0v) is 17.7. The molecule has 0 aromatic heterocycles. The minimum atomic E-state index is -0.494. The van der Waals surface area contributed by atoms with Crippen LogP contribution in [0.5, 0.6) is 5.75 Å². The molecule has 7 heteroatoms. The number of para-hydroxylation sites is 1. The van der Waals surface area contributed by atoms with Crippen molar-refractivity contribution in [3.05, 3.63) is 101 Å². The molecule has 0 aliphatic carbocycles. The number of anilines is 1. The number of nitrogens with one attached hydrogen (secondary N) is 3. The van der Waals surface area contributed by atoms with Crippen molar-refractivity contribution in [2.75, 3.05) is 12.4 Å². The molecule has 0 spiro atoms. The van der Waals surface area contributed by atoms with Gasteiger partial charge in [0.1, 0.15) is 5.75 Å². The van der Waals surface area contributed by atoms with E-state index < -0.39 is 11.8 Å². The van der Waals surface area contributed by atoms with E-state index in [1.54, 1.807) is 61.7 Å². The van der Waals surface area contributed by atoms with Crippen molar-refractivity contribution in [3.8, 4) is 5.75 Å². The van der Waals surface area contributed by atoms with E-state index in [0.29, 0.717) is 22.6 Å². The number of carbonyl (C=O) groups is 3. The first-order valence-electron chi connectivity index (χ1n) is 9.86. The Morgan fingerprint density at radius 2 is 1.50 bits per heavy atom. The van der Waals surface area contributed by atoms with Gasteiger partial charge in [0.05, 0.1) is 7.11 Å². The minimum absolute atomic E-state index is 0.227. The smallest absolute Gasteiger partial charge is 0.269 e. The Hall–Kier alpha value is -4.39. The summed E-state index contributed by atoms with van der Waals surface area (Å²) >= 11 is 0. The molecular weight excluding hydrogens is 406 g/mol. The summed E-state index contributed by atoms with van der Waals surface area (Å²) in [6.07, 6.45) is 2.88. The topological polar surface area (TPSA) is 96.5 Å². The average molecular weight is 429 g/mol. The summed E-state index contributed by atoms with van der Waals surface area (Å²) in [6.45, 7) is 1.86. The van der Waals surface area contributed by atoms with Crippen LogP contribution >= 0.6 is 0 Å². The maximum absolute atomic E-state index is 12.4. The average Bonchev–Trinajstić information content (AvgIpc) is 2.82. The molecule has 0 saturated heterocycles. The quantitative estimate of drug-likeness (QED) is 0.411. The van der Waals surface area contributed by atoms with Crippen LogP contribution in [0.25, 0.3) is 6.08 Å². The number of carbonyl (C=O) groups excluding carboxylic acids is 3. The van der Waals surface area contributed by atoms with Crippen molar-refractivity contribution in [2.24, 2.45) is 0 Å². The molecular formula is C25H23N3O4. The van der Waals surface area contributed by atoms with Crippen LogP contribution in [0.2, 0.25) is 0 Å². The van der Waals surface area contributed by atoms with Gasteiger partial charge in [0.2, 0.25) is 0 Å². The molecule has 32 heavy (non-hydrogen) atoms. The highest BCUT2D eigenvalue weighted by Gasteiger charge is 2.10. The van der Waals surface area contributed by atoms with Gasteiger partial charge in [-0.25, -0.2) is 0 Å². The van der Waals surface area contributed by atoms with Crippen LogP contribution in [-0.2, 0) is 4.79 Å². The molecule has 3 aromatic carbocycles. The number of aryl methyl sites for hydroxylation is 1. The van der Waals surface area contributed by atoms with Gasteiger partial charge < -0.3 is 10.1 Å². The van der Waals surface area contributed by atoms with Gasteiger partial charge in [-0.2, -0.15) is 0 Å². The highest BCUT2D eigenvalue weighted by atomic mass is 16.5. The van der Waals surface area contributed by atoms with Crippen molar-refractivity contribution in [2.45, 2.75) is 6.92 Å². The molecule has 0 atom stereocenters. The summed E-state index contributed by atoms with van der Waals surface area (Å²) in [7, 11) is 1.55. The Balaban J connectivity index is 1.53. The zero-order valence-electron chi connectivity index (χ0n) is 17.7. The van der Waals surface area contributed by atoms with Gasteiger partial charge in [0, 0.05) is 28.5 Å². The number of hydrazine groups is 1. The summed E-state index contributed by atoms with van der Waals surface area (Å²) in [5, 5.41) is 2.80. The molecule has 0 aliphatic rings. The lowest BCUT2D eigenvalue weighted by molar-refractivity contribution is -0.117. The first-order chi connectivity index (χ1) is 15.5. The van der Waals surface area contributed by atoms with Gasteiger partial charge in [-0.05, 0) is 55.0 Å². The molecule has 0 fully saturated rings. The lowest BCUT2D eigenvalue weighted by Crippen LogP contribution is -2.40. The number of hydrogen-bond acceptors (Lipinski definition) is 4. The van der Waals surface area contributed by atoms with E-state index in [9.17, 15) is 14.4 Å². The van der Waals surface area contributed by atoms with Crippen molar-refractivity contribution in [1.29, 1.82) is 0 Å². The van der Waals surface area contributed by atoms with E-state index >= 15 is 0 Å². The normalized spacial score (nSPS) is 10.4. The standard InChI is InChI=1S/C25H23N3O4/c1-17-7-3-5-9-21(17)25(31)26-20-14-11-19(12-15-20)24(30)28-27-23(29)16-13-18-8-4-6-10-22(18)32-2/h3-16H,1-2H3,(H,26,31)(H,27,29)(H,28,30). The van der Waals surface area contributed by atoms with Crippen molar-refractivity contribution >= 4 is 29.5 Å². The second-order valence-corrected chi connectivity index (χ2v) is 6.87. The number of rotatable bonds is 6. The van der Waals surface area contributed by atoms with Gasteiger partial charge in [0.25, 0.3) is 17.7 Å². The fourth-order valence-corrected chi connectivity index (χ4v) is 2.93. The number of methoxy groups -OCH3 is 1. The number of ether oxygens (including phenoxy) is 1. The molecule has 3 rings (SSSR count). The lowest BCUT2D eigenvalue weighted by atomic mass is 10.1. The number of benzene rings is 3.